The first-order valence-electron chi connectivity index (χ1n) is 6.66. The van der Waals surface area contributed by atoms with Gasteiger partial charge in [-0.1, -0.05) is 18.2 Å². The molecule has 3 rings (SSSR count). The summed E-state index contributed by atoms with van der Waals surface area (Å²) in [5.74, 6) is -0.103. The Bertz CT molecular complexity index is 769. The van der Waals surface area contributed by atoms with Gasteiger partial charge in [-0.3, -0.25) is 0 Å². The van der Waals surface area contributed by atoms with Crippen molar-refractivity contribution in [2.24, 2.45) is 0 Å². The lowest BCUT2D eigenvalue weighted by Gasteiger charge is -2.23. The van der Waals surface area contributed by atoms with E-state index in [4.69, 9.17) is 14.6 Å². The molecular formula is C16H14O5S. The van der Waals surface area contributed by atoms with Crippen LogP contribution in [0.3, 0.4) is 0 Å². The summed E-state index contributed by atoms with van der Waals surface area (Å²) in [6.07, 6.45) is 0.531. The molecule has 1 atom stereocenters. The smallest absolute Gasteiger partial charge is 0.341 e. The average Bonchev–Trinajstić information content (AvgIpc) is 2.52. The highest BCUT2D eigenvalue weighted by Crippen LogP contribution is 2.41. The number of ether oxygens (including phenoxy) is 2. The van der Waals surface area contributed by atoms with Crippen LogP contribution in [0.25, 0.3) is 0 Å². The van der Waals surface area contributed by atoms with E-state index in [-0.39, 0.29) is 0 Å². The second kappa shape index (κ2) is 5.81. The number of hydrogen-bond donors (Lipinski definition) is 1. The number of benzene rings is 2. The van der Waals surface area contributed by atoms with Crippen LogP contribution in [0.15, 0.2) is 46.2 Å². The molecule has 0 aromatic heterocycles. The maximum absolute atomic E-state index is 12.8. The average molecular weight is 318 g/mol. The van der Waals surface area contributed by atoms with E-state index in [2.05, 4.69) is 0 Å². The Labute approximate surface area is 129 Å². The van der Waals surface area contributed by atoms with Gasteiger partial charge in [0.1, 0.15) is 11.5 Å². The Morgan fingerprint density at radius 3 is 2.68 bits per heavy atom. The van der Waals surface area contributed by atoms with Gasteiger partial charge in [-0.2, -0.15) is 0 Å². The van der Waals surface area contributed by atoms with E-state index in [9.17, 15) is 9.00 Å². The van der Waals surface area contributed by atoms with Gasteiger partial charge in [0.2, 0.25) is 0 Å². The number of aliphatic carboxylic acids is 1. The van der Waals surface area contributed by atoms with E-state index in [1.807, 2.05) is 24.3 Å². The molecule has 0 fully saturated rings. The number of carboxylic acids is 1. The van der Waals surface area contributed by atoms with Gasteiger partial charge in [-0.15, -0.1) is 0 Å². The molecule has 114 valence electrons. The van der Waals surface area contributed by atoms with Gasteiger partial charge in [0.05, 0.1) is 22.8 Å². The predicted octanol–water partition coefficient (Wildman–Crippen LogP) is 2.23. The number of carboxylic acid groups (broad SMARTS) is 1. The summed E-state index contributed by atoms with van der Waals surface area (Å²) in [5, 5.41) is 8.78. The van der Waals surface area contributed by atoms with Crippen LogP contribution in [-0.4, -0.2) is 29.0 Å². The number of rotatable bonds is 4. The molecular weight excluding hydrogens is 304 g/mol. The molecule has 1 unspecified atom stereocenters. The van der Waals surface area contributed by atoms with E-state index >= 15 is 0 Å². The number of carbonyl (C=O) groups is 1. The third-order valence-corrected chi connectivity index (χ3v) is 5.09. The zero-order valence-electron chi connectivity index (χ0n) is 11.9. The molecule has 0 bridgehead atoms. The Morgan fingerprint density at radius 2 is 1.95 bits per heavy atom. The summed E-state index contributed by atoms with van der Waals surface area (Å²) in [7, 11) is 0.140. The summed E-state index contributed by atoms with van der Waals surface area (Å²) in [6.45, 7) is -0.437. The van der Waals surface area contributed by atoms with E-state index < -0.39 is 23.4 Å². The molecule has 5 nitrogen and oxygen atoms in total. The fourth-order valence-electron chi connectivity index (χ4n) is 2.53. The molecule has 22 heavy (non-hydrogen) atoms. The molecule has 1 heterocycles. The van der Waals surface area contributed by atoms with Gasteiger partial charge < -0.3 is 14.6 Å². The molecule has 0 aliphatic carbocycles. The van der Waals surface area contributed by atoms with Crippen LogP contribution in [0.1, 0.15) is 11.1 Å². The van der Waals surface area contributed by atoms with Crippen molar-refractivity contribution in [2.45, 2.75) is 16.2 Å². The third kappa shape index (κ3) is 2.46. The minimum absolute atomic E-state index is 0.432. The van der Waals surface area contributed by atoms with Crippen molar-refractivity contribution in [3.63, 3.8) is 0 Å². The van der Waals surface area contributed by atoms with Gasteiger partial charge in [-0.05, 0) is 23.8 Å². The number of hydrogen-bond acceptors (Lipinski definition) is 4. The van der Waals surface area contributed by atoms with Gasteiger partial charge in [0.15, 0.2) is 6.61 Å². The number of fused-ring (bicyclic) bond motifs is 2. The Hall–Kier alpha value is -2.34. The van der Waals surface area contributed by atoms with Crippen molar-refractivity contribution in [1.82, 2.24) is 0 Å². The second-order valence-electron chi connectivity index (χ2n) is 4.81. The van der Waals surface area contributed by atoms with Crippen molar-refractivity contribution >= 4 is 16.8 Å². The third-order valence-electron chi connectivity index (χ3n) is 3.48. The molecule has 1 N–H and O–H groups in total. The maximum Gasteiger partial charge on any atom is 0.341 e. The minimum Gasteiger partial charge on any atom is -0.495 e. The summed E-state index contributed by atoms with van der Waals surface area (Å²) < 4.78 is 23.5. The lowest BCUT2D eigenvalue weighted by atomic mass is 10.0. The fraction of sp³-hybridized carbons (Fsp3) is 0.188. The van der Waals surface area contributed by atoms with Crippen LogP contribution in [0.5, 0.6) is 11.5 Å². The minimum atomic E-state index is -1.38. The maximum atomic E-state index is 12.8. The Morgan fingerprint density at radius 1 is 1.23 bits per heavy atom. The monoisotopic (exact) mass is 318 g/mol. The quantitative estimate of drug-likeness (QED) is 0.798. The fourth-order valence-corrected chi connectivity index (χ4v) is 4.06. The van der Waals surface area contributed by atoms with Crippen molar-refractivity contribution < 1.29 is 23.6 Å². The summed E-state index contributed by atoms with van der Waals surface area (Å²) >= 11 is 0. The van der Waals surface area contributed by atoms with Crippen molar-refractivity contribution in [1.29, 1.82) is 0 Å². The molecule has 2 aromatic rings. The van der Waals surface area contributed by atoms with Gasteiger partial charge in [0.25, 0.3) is 0 Å². The van der Waals surface area contributed by atoms with Crippen LogP contribution >= 0.6 is 0 Å². The first-order valence-corrected chi connectivity index (χ1v) is 7.81. The molecule has 0 saturated heterocycles. The van der Waals surface area contributed by atoms with E-state index in [0.717, 1.165) is 16.0 Å². The Kier molecular flexibility index (Phi) is 3.85. The first kappa shape index (κ1) is 14.6. The highest BCUT2D eigenvalue weighted by Gasteiger charge is 2.28. The highest BCUT2D eigenvalue weighted by atomic mass is 32.2. The Balaban J connectivity index is 2.12. The van der Waals surface area contributed by atoms with Crippen LogP contribution in [0.2, 0.25) is 0 Å². The normalized spacial score (nSPS) is 15.6. The second-order valence-corrected chi connectivity index (χ2v) is 6.19. The van der Waals surface area contributed by atoms with Crippen LogP contribution in [0, 0.1) is 0 Å². The lowest BCUT2D eigenvalue weighted by Crippen LogP contribution is -2.15. The number of methoxy groups -OCH3 is 1. The summed E-state index contributed by atoms with van der Waals surface area (Å²) in [4.78, 5) is 12.0. The van der Waals surface area contributed by atoms with Crippen molar-refractivity contribution in [3.05, 3.63) is 47.5 Å². The van der Waals surface area contributed by atoms with Gasteiger partial charge in [-0.25, -0.2) is 9.00 Å². The SMILES string of the molecule is COc1ccc(OCC(=O)O)c2c1S(=O)c1ccccc1C2. The van der Waals surface area contributed by atoms with E-state index in [0.29, 0.717) is 22.8 Å². The zero-order chi connectivity index (χ0) is 15.7. The lowest BCUT2D eigenvalue weighted by molar-refractivity contribution is -0.139. The predicted molar refractivity (Wildman–Crippen MR) is 80.0 cm³/mol. The van der Waals surface area contributed by atoms with E-state index in [1.54, 1.807) is 12.1 Å². The summed E-state index contributed by atoms with van der Waals surface area (Å²) in [5.41, 5.74) is 1.67. The van der Waals surface area contributed by atoms with Crippen LogP contribution < -0.4 is 9.47 Å². The molecule has 0 amide bonds. The van der Waals surface area contributed by atoms with Gasteiger partial charge in [0, 0.05) is 16.9 Å². The van der Waals surface area contributed by atoms with Crippen LogP contribution in [-0.2, 0) is 22.0 Å². The van der Waals surface area contributed by atoms with Gasteiger partial charge >= 0.3 is 5.97 Å². The molecule has 6 heteroatoms. The van der Waals surface area contributed by atoms with Crippen LogP contribution in [0.4, 0.5) is 0 Å². The zero-order valence-corrected chi connectivity index (χ0v) is 12.7. The van der Waals surface area contributed by atoms with Crippen molar-refractivity contribution in [3.8, 4) is 11.5 Å². The molecule has 2 aromatic carbocycles. The molecule has 0 saturated carbocycles. The molecule has 1 aliphatic rings. The first-order chi connectivity index (χ1) is 10.6. The largest absolute Gasteiger partial charge is 0.495 e. The standard InChI is InChI=1S/C16H14O5S/c1-20-13-7-6-12(21-9-15(17)18)11-8-10-4-2-3-5-14(10)22(19)16(11)13/h2-7H,8-9H2,1H3,(H,17,18). The molecule has 0 spiro atoms. The topological polar surface area (TPSA) is 72.8 Å². The van der Waals surface area contributed by atoms with Crippen molar-refractivity contribution in [2.75, 3.05) is 13.7 Å². The summed E-state index contributed by atoms with van der Waals surface area (Å²) in [6, 6.07) is 10.8. The molecule has 0 radical (unpaired) electrons. The van der Waals surface area contributed by atoms with E-state index in [1.165, 1.54) is 7.11 Å². The molecule has 1 aliphatic heterocycles. The highest BCUT2D eigenvalue weighted by molar-refractivity contribution is 7.85.